The zero-order valence-corrected chi connectivity index (χ0v) is 11.2. The monoisotopic (exact) mass is 278 g/mol. The zero-order chi connectivity index (χ0) is 12.5. The Balaban J connectivity index is 2.18. The minimum Gasteiger partial charge on any atom is -0.490 e. The predicted molar refractivity (Wildman–Crippen MR) is 69.9 cm³/mol. The molecule has 0 amide bonds. The van der Waals surface area contributed by atoms with Gasteiger partial charge in [-0.05, 0) is 25.0 Å². The molecule has 1 rings (SSSR count). The molecule has 0 aromatic heterocycles. The van der Waals surface area contributed by atoms with Crippen molar-refractivity contribution in [2.45, 2.75) is 12.8 Å². The summed E-state index contributed by atoms with van der Waals surface area (Å²) in [6.07, 6.45) is 1.99. The maximum absolute atomic E-state index is 8.59. The Morgan fingerprint density at radius 1 is 1.12 bits per heavy atom. The van der Waals surface area contributed by atoms with E-state index in [0.29, 0.717) is 22.4 Å². The number of hydrogen-bond donors (Lipinski definition) is 2. The number of rotatable bonds is 8. The number of aliphatic hydroxyl groups is 1. The normalized spacial score (nSPS) is 10.5. The molecule has 0 aliphatic carbocycles. The van der Waals surface area contributed by atoms with E-state index in [2.05, 4.69) is 5.32 Å². The molecule has 0 aliphatic rings. The summed E-state index contributed by atoms with van der Waals surface area (Å²) in [5, 5.41) is 11.8. The molecule has 0 unspecified atom stereocenters. The fourth-order valence-corrected chi connectivity index (χ4v) is 1.93. The fourth-order valence-electron chi connectivity index (χ4n) is 1.42. The summed E-state index contributed by atoms with van der Waals surface area (Å²) in [7, 11) is 0. The number of aliphatic hydroxyl groups excluding tert-OH is 1. The summed E-state index contributed by atoms with van der Waals surface area (Å²) < 4.78 is 5.55. The van der Waals surface area contributed by atoms with Crippen LogP contribution < -0.4 is 10.1 Å². The van der Waals surface area contributed by atoms with Gasteiger partial charge in [-0.3, -0.25) is 0 Å². The standard InChI is InChI=1S/C12H17Cl2NO2/c13-10-4-3-5-11(14)12(10)17-9-2-1-6-15-7-8-16/h3-5,15-16H,1-2,6-9H2/p+1. The van der Waals surface area contributed by atoms with Crippen molar-refractivity contribution in [1.29, 1.82) is 0 Å². The summed E-state index contributed by atoms with van der Waals surface area (Å²) in [5.41, 5.74) is 0. The molecule has 1 aromatic rings. The maximum atomic E-state index is 8.59. The number of quaternary nitrogens is 1. The first-order valence-corrected chi connectivity index (χ1v) is 6.50. The second-order valence-corrected chi connectivity index (χ2v) is 4.51. The highest BCUT2D eigenvalue weighted by atomic mass is 35.5. The molecule has 1 aromatic carbocycles. The van der Waals surface area contributed by atoms with Gasteiger partial charge >= 0.3 is 0 Å². The van der Waals surface area contributed by atoms with Crippen LogP contribution in [0, 0.1) is 0 Å². The highest BCUT2D eigenvalue weighted by molar-refractivity contribution is 6.37. The first-order chi connectivity index (χ1) is 8.25. The Hall–Kier alpha value is -0.480. The molecule has 0 atom stereocenters. The number of benzene rings is 1. The van der Waals surface area contributed by atoms with Gasteiger partial charge in [0, 0.05) is 0 Å². The van der Waals surface area contributed by atoms with E-state index in [1.165, 1.54) is 0 Å². The van der Waals surface area contributed by atoms with E-state index in [0.717, 1.165) is 25.9 Å². The van der Waals surface area contributed by atoms with E-state index in [1.54, 1.807) is 18.2 Å². The molecule has 96 valence electrons. The van der Waals surface area contributed by atoms with Crippen molar-refractivity contribution in [2.24, 2.45) is 0 Å². The molecule has 0 fully saturated rings. The number of halogens is 2. The Labute approximate surface area is 112 Å². The smallest absolute Gasteiger partial charge is 0.156 e. The molecule has 3 nitrogen and oxygen atoms in total. The number of nitrogens with two attached hydrogens (primary N) is 1. The van der Waals surface area contributed by atoms with Crippen LogP contribution in [0.4, 0.5) is 0 Å². The molecular weight excluding hydrogens is 261 g/mol. The lowest BCUT2D eigenvalue weighted by Gasteiger charge is -2.09. The van der Waals surface area contributed by atoms with Crippen molar-refractivity contribution in [2.75, 3.05) is 26.3 Å². The molecular formula is C12H18Cl2NO2+. The van der Waals surface area contributed by atoms with Gasteiger partial charge < -0.3 is 15.2 Å². The van der Waals surface area contributed by atoms with E-state index in [4.69, 9.17) is 33.0 Å². The third-order valence-corrected chi connectivity index (χ3v) is 2.90. The van der Waals surface area contributed by atoms with Gasteiger partial charge in [0.15, 0.2) is 5.75 Å². The van der Waals surface area contributed by atoms with Gasteiger partial charge in [-0.2, -0.15) is 0 Å². The lowest BCUT2D eigenvalue weighted by Crippen LogP contribution is -2.85. The lowest BCUT2D eigenvalue weighted by atomic mass is 10.3. The average molecular weight is 279 g/mol. The van der Waals surface area contributed by atoms with Crippen molar-refractivity contribution >= 4 is 23.2 Å². The van der Waals surface area contributed by atoms with Crippen molar-refractivity contribution in [1.82, 2.24) is 0 Å². The molecule has 5 heteroatoms. The molecule has 0 saturated carbocycles. The van der Waals surface area contributed by atoms with E-state index >= 15 is 0 Å². The Morgan fingerprint density at radius 3 is 2.47 bits per heavy atom. The third-order valence-electron chi connectivity index (χ3n) is 2.30. The van der Waals surface area contributed by atoms with Crippen molar-refractivity contribution < 1.29 is 15.2 Å². The van der Waals surface area contributed by atoms with Crippen molar-refractivity contribution in [3.8, 4) is 5.75 Å². The van der Waals surface area contributed by atoms with Crippen LogP contribution >= 0.6 is 23.2 Å². The zero-order valence-electron chi connectivity index (χ0n) is 9.66. The minimum absolute atomic E-state index is 0.228. The van der Waals surface area contributed by atoms with Crippen LogP contribution in [0.3, 0.4) is 0 Å². The number of hydrogen-bond acceptors (Lipinski definition) is 2. The SMILES string of the molecule is OCC[NH2+]CCCCOc1c(Cl)cccc1Cl. The van der Waals surface area contributed by atoms with E-state index in [9.17, 15) is 0 Å². The van der Waals surface area contributed by atoms with Crippen molar-refractivity contribution in [3.63, 3.8) is 0 Å². The van der Waals surface area contributed by atoms with Crippen LogP contribution in [0.5, 0.6) is 5.75 Å². The second kappa shape index (κ2) is 8.59. The summed E-state index contributed by atoms with van der Waals surface area (Å²) in [5.74, 6) is 0.565. The van der Waals surface area contributed by atoms with Gasteiger partial charge in [-0.15, -0.1) is 0 Å². The topological polar surface area (TPSA) is 46.1 Å². The number of para-hydroxylation sites is 1. The Morgan fingerprint density at radius 2 is 1.82 bits per heavy atom. The number of unbranched alkanes of at least 4 members (excludes halogenated alkanes) is 1. The van der Waals surface area contributed by atoms with Crippen molar-refractivity contribution in [3.05, 3.63) is 28.2 Å². The quantitative estimate of drug-likeness (QED) is 0.712. The molecule has 0 radical (unpaired) electrons. The molecule has 0 saturated heterocycles. The minimum atomic E-state index is 0.228. The van der Waals surface area contributed by atoms with E-state index in [-0.39, 0.29) is 6.61 Å². The van der Waals surface area contributed by atoms with Gasteiger partial charge in [0.05, 0.1) is 36.3 Å². The summed E-state index contributed by atoms with van der Waals surface area (Å²) >= 11 is 11.9. The summed E-state index contributed by atoms with van der Waals surface area (Å²) in [4.78, 5) is 0. The molecule has 0 aliphatic heterocycles. The number of ether oxygens (including phenoxy) is 1. The van der Waals surface area contributed by atoms with Crippen LogP contribution in [0.1, 0.15) is 12.8 Å². The lowest BCUT2D eigenvalue weighted by molar-refractivity contribution is -0.656. The first-order valence-electron chi connectivity index (χ1n) is 5.75. The molecule has 3 N–H and O–H groups in total. The largest absolute Gasteiger partial charge is 0.490 e. The van der Waals surface area contributed by atoms with E-state index in [1.807, 2.05) is 0 Å². The van der Waals surface area contributed by atoms with Crippen LogP contribution in [-0.2, 0) is 0 Å². The highest BCUT2D eigenvalue weighted by Crippen LogP contribution is 2.32. The summed E-state index contributed by atoms with van der Waals surface area (Å²) in [6.45, 7) is 2.60. The molecule has 17 heavy (non-hydrogen) atoms. The Kier molecular flexibility index (Phi) is 7.37. The van der Waals surface area contributed by atoms with Gasteiger partial charge in [-0.25, -0.2) is 0 Å². The van der Waals surface area contributed by atoms with Crippen LogP contribution in [0.15, 0.2) is 18.2 Å². The van der Waals surface area contributed by atoms with Gasteiger partial charge in [-0.1, -0.05) is 29.3 Å². The predicted octanol–water partition coefficient (Wildman–Crippen LogP) is 1.71. The molecule has 0 spiro atoms. The Bertz CT molecular complexity index is 314. The fraction of sp³-hybridized carbons (Fsp3) is 0.500. The van der Waals surface area contributed by atoms with Crippen LogP contribution in [0.2, 0.25) is 10.0 Å². The van der Waals surface area contributed by atoms with E-state index < -0.39 is 0 Å². The average Bonchev–Trinajstić information content (AvgIpc) is 2.31. The van der Waals surface area contributed by atoms with Crippen LogP contribution in [0.25, 0.3) is 0 Å². The van der Waals surface area contributed by atoms with Crippen LogP contribution in [-0.4, -0.2) is 31.4 Å². The molecule has 0 bridgehead atoms. The third kappa shape index (κ3) is 5.59. The highest BCUT2D eigenvalue weighted by Gasteiger charge is 2.05. The van der Waals surface area contributed by atoms with Gasteiger partial charge in [0.25, 0.3) is 0 Å². The summed E-state index contributed by atoms with van der Waals surface area (Å²) in [6, 6.07) is 5.32. The molecule has 0 heterocycles. The maximum Gasteiger partial charge on any atom is 0.156 e. The first kappa shape index (κ1) is 14.6. The van der Waals surface area contributed by atoms with Gasteiger partial charge in [0.2, 0.25) is 0 Å². The van der Waals surface area contributed by atoms with Gasteiger partial charge in [0.1, 0.15) is 0 Å². The second-order valence-electron chi connectivity index (χ2n) is 3.70.